The molecule has 2 rings (SSSR count). The molecule has 2 N–H and O–H groups in total. The predicted molar refractivity (Wildman–Crippen MR) is 80.8 cm³/mol. The zero-order valence-corrected chi connectivity index (χ0v) is 12.9. The van der Waals surface area contributed by atoms with Crippen molar-refractivity contribution in [3.8, 4) is 0 Å². The van der Waals surface area contributed by atoms with E-state index in [-0.39, 0.29) is 9.64 Å². The first-order valence-corrected chi connectivity index (χ1v) is 8.73. The van der Waals surface area contributed by atoms with Crippen molar-refractivity contribution in [3.05, 3.63) is 24.3 Å². The van der Waals surface area contributed by atoms with Gasteiger partial charge in [0.05, 0.1) is 4.90 Å². The number of nitrogen functional groups attached to an aromatic ring is 1. The monoisotopic (exact) mass is 300 g/mol. The average molecular weight is 300 g/mol. The average Bonchev–Trinajstić information content (AvgIpc) is 2.50. The Labute approximate surface area is 119 Å². The maximum Gasteiger partial charge on any atom is 0.243 e. The van der Waals surface area contributed by atoms with Gasteiger partial charge in [0, 0.05) is 29.3 Å². The number of anilines is 1. The van der Waals surface area contributed by atoms with E-state index in [0.29, 0.717) is 18.8 Å². The molecular formula is C13H20N2O2S2. The van der Waals surface area contributed by atoms with Gasteiger partial charge in [-0.2, -0.15) is 16.1 Å². The van der Waals surface area contributed by atoms with E-state index in [0.717, 1.165) is 12.2 Å². The maximum atomic E-state index is 12.6. The molecule has 4 nitrogen and oxygen atoms in total. The number of rotatable bonds is 2. The molecule has 6 heteroatoms. The number of nitrogens with two attached hydrogens (primary N) is 1. The third-order valence-electron chi connectivity index (χ3n) is 3.29. The van der Waals surface area contributed by atoms with Crippen LogP contribution in [0.25, 0.3) is 0 Å². The van der Waals surface area contributed by atoms with E-state index < -0.39 is 10.0 Å². The number of thioether (sulfide) groups is 1. The molecule has 1 aliphatic rings. The molecule has 1 saturated heterocycles. The molecule has 1 heterocycles. The van der Waals surface area contributed by atoms with E-state index in [2.05, 4.69) is 13.8 Å². The summed E-state index contributed by atoms with van der Waals surface area (Å²) in [6, 6.07) is 6.51. The van der Waals surface area contributed by atoms with Crippen LogP contribution in [0.1, 0.15) is 20.3 Å². The van der Waals surface area contributed by atoms with Crippen LogP contribution in [0.3, 0.4) is 0 Å². The third kappa shape index (κ3) is 3.43. The van der Waals surface area contributed by atoms with Gasteiger partial charge in [-0.3, -0.25) is 0 Å². The molecule has 0 aliphatic carbocycles. The Balaban J connectivity index is 2.25. The largest absolute Gasteiger partial charge is 0.399 e. The Morgan fingerprint density at radius 3 is 2.74 bits per heavy atom. The van der Waals surface area contributed by atoms with Crippen LogP contribution >= 0.6 is 11.8 Å². The summed E-state index contributed by atoms with van der Waals surface area (Å²) >= 11 is 1.83. The third-order valence-corrected chi connectivity index (χ3v) is 6.56. The van der Waals surface area contributed by atoms with Crippen molar-refractivity contribution in [2.75, 3.05) is 24.6 Å². The van der Waals surface area contributed by atoms with Crippen molar-refractivity contribution < 1.29 is 8.42 Å². The van der Waals surface area contributed by atoms with E-state index in [1.165, 1.54) is 6.07 Å². The predicted octanol–water partition coefficient (Wildman–Crippen LogP) is 2.18. The van der Waals surface area contributed by atoms with Crippen molar-refractivity contribution in [1.29, 1.82) is 0 Å². The van der Waals surface area contributed by atoms with Crippen LogP contribution in [0.15, 0.2) is 29.2 Å². The van der Waals surface area contributed by atoms with Crippen LogP contribution in [-0.4, -0.2) is 36.3 Å². The van der Waals surface area contributed by atoms with Gasteiger partial charge in [-0.25, -0.2) is 8.42 Å². The second-order valence-corrected chi connectivity index (χ2v) is 9.07. The summed E-state index contributed by atoms with van der Waals surface area (Å²) in [5, 5.41) is 0. The Hall–Kier alpha value is -0.720. The highest BCUT2D eigenvalue weighted by Crippen LogP contribution is 2.32. The summed E-state index contributed by atoms with van der Waals surface area (Å²) in [5.41, 5.74) is 6.15. The lowest BCUT2D eigenvalue weighted by Gasteiger charge is -2.22. The number of benzene rings is 1. The molecule has 106 valence electrons. The Bertz CT molecular complexity index is 556. The standard InChI is InChI=1S/C13H20N2O2S2/c1-13(2)6-7-15(8-9-18-13)19(16,17)12-5-3-4-11(14)10-12/h3-5,10H,6-9,14H2,1-2H3. The first-order chi connectivity index (χ1) is 8.81. The maximum absolute atomic E-state index is 12.6. The second kappa shape index (κ2) is 5.34. The number of sulfonamides is 1. The number of hydrogen-bond donors (Lipinski definition) is 1. The van der Waals surface area contributed by atoms with E-state index in [9.17, 15) is 8.42 Å². The summed E-state index contributed by atoms with van der Waals surface area (Å²) < 4.78 is 26.8. The van der Waals surface area contributed by atoms with E-state index in [1.807, 2.05) is 11.8 Å². The molecule has 0 saturated carbocycles. The fraction of sp³-hybridized carbons (Fsp3) is 0.538. The Morgan fingerprint density at radius 1 is 1.32 bits per heavy atom. The van der Waals surface area contributed by atoms with E-state index >= 15 is 0 Å². The summed E-state index contributed by atoms with van der Waals surface area (Å²) in [5.74, 6) is 0.828. The van der Waals surface area contributed by atoms with Gasteiger partial charge in [-0.15, -0.1) is 0 Å². The lowest BCUT2D eigenvalue weighted by Crippen LogP contribution is -2.33. The molecule has 1 aliphatic heterocycles. The van der Waals surface area contributed by atoms with Crippen LogP contribution in [0.5, 0.6) is 0 Å². The molecule has 1 fully saturated rings. The van der Waals surface area contributed by atoms with E-state index in [4.69, 9.17) is 5.73 Å². The molecule has 0 bridgehead atoms. The minimum atomic E-state index is -3.42. The van der Waals surface area contributed by atoms with Crippen LogP contribution in [0.4, 0.5) is 5.69 Å². The van der Waals surface area contributed by atoms with Crippen LogP contribution in [0, 0.1) is 0 Å². The lowest BCUT2D eigenvalue weighted by molar-refractivity contribution is 0.415. The van der Waals surface area contributed by atoms with Crippen molar-refractivity contribution in [2.45, 2.75) is 29.9 Å². The normalized spacial score (nSPS) is 20.9. The molecule has 0 atom stereocenters. The fourth-order valence-electron chi connectivity index (χ4n) is 2.07. The van der Waals surface area contributed by atoms with Gasteiger partial charge < -0.3 is 5.73 Å². The number of hydrogen-bond acceptors (Lipinski definition) is 4. The van der Waals surface area contributed by atoms with Gasteiger partial charge in [0.1, 0.15) is 0 Å². The van der Waals surface area contributed by atoms with Gasteiger partial charge in [0.25, 0.3) is 0 Å². The zero-order chi connectivity index (χ0) is 14.1. The van der Waals surface area contributed by atoms with E-state index in [1.54, 1.807) is 22.5 Å². The smallest absolute Gasteiger partial charge is 0.243 e. The van der Waals surface area contributed by atoms with Gasteiger partial charge >= 0.3 is 0 Å². The number of nitrogens with zero attached hydrogens (tertiary/aromatic N) is 1. The molecule has 1 aromatic rings. The SMILES string of the molecule is CC1(C)CCN(S(=O)(=O)c2cccc(N)c2)CCS1. The lowest BCUT2D eigenvalue weighted by atomic mass is 10.1. The van der Waals surface area contributed by atoms with Gasteiger partial charge in [-0.1, -0.05) is 19.9 Å². The second-order valence-electron chi connectivity index (χ2n) is 5.33. The van der Waals surface area contributed by atoms with Gasteiger partial charge in [0.15, 0.2) is 0 Å². The molecule has 0 amide bonds. The highest BCUT2D eigenvalue weighted by molar-refractivity contribution is 8.00. The van der Waals surface area contributed by atoms with Crippen molar-refractivity contribution in [3.63, 3.8) is 0 Å². The molecule has 19 heavy (non-hydrogen) atoms. The highest BCUT2D eigenvalue weighted by atomic mass is 32.2. The highest BCUT2D eigenvalue weighted by Gasteiger charge is 2.30. The molecule has 0 aromatic heterocycles. The van der Waals surface area contributed by atoms with Gasteiger partial charge in [-0.05, 0) is 24.6 Å². The van der Waals surface area contributed by atoms with Crippen molar-refractivity contribution in [1.82, 2.24) is 4.31 Å². The van der Waals surface area contributed by atoms with Crippen LogP contribution < -0.4 is 5.73 Å². The summed E-state index contributed by atoms with van der Waals surface area (Å²) in [7, 11) is -3.42. The molecule has 1 aromatic carbocycles. The van der Waals surface area contributed by atoms with Crippen molar-refractivity contribution in [2.24, 2.45) is 0 Å². The first kappa shape index (κ1) is 14.7. The van der Waals surface area contributed by atoms with Crippen molar-refractivity contribution >= 4 is 27.5 Å². The Morgan fingerprint density at radius 2 is 2.05 bits per heavy atom. The first-order valence-electron chi connectivity index (χ1n) is 6.31. The molecule has 0 spiro atoms. The van der Waals surface area contributed by atoms with Crippen LogP contribution in [0.2, 0.25) is 0 Å². The summed E-state index contributed by atoms with van der Waals surface area (Å²) in [6.07, 6.45) is 0.860. The summed E-state index contributed by atoms with van der Waals surface area (Å²) in [6.45, 7) is 5.45. The quantitative estimate of drug-likeness (QED) is 0.850. The Kier molecular flexibility index (Phi) is 4.13. The molecule has 0 unspecified atom stereocenters. The van der Waals surface area contributed by atoms with Crippen LogP contribution in [-0.2, 0) is 10.0 Å². The topological polar surface area (TPSA) is 63.4 Å². The zero-order valence-electron chi connectivity index (χ0n) is 11.3. The summed E-state index contributed by atoms with van der Waals surface area (Å²) in [4.78, 5) is 0.289. The van der Waals surface area contributed by atoms with Gasteiger partial charge in [0.2, 0.25) is 10.0 Å². The molecular weight excluding hydrogens is 280 g/mol. The fourth-order valence-corrected chi connectivity index (χ4v) is 4.78. The molecule has 0 radical (unpaired) electrons. The minimum absolute atomic E-state index is 0.139. The minimum Gasteiger partial charge on any atom is -0.399 e.